The van der Waals surface area contributed by atoms with E-state index in [1.54, 1.807) is 11.4 Å². The van der Waals surface area contributed by atoms with E-state index in [2.05, 4.69) is 31.5 Å². The summed E-state index contributed by atoms with van der Waals surface area (Å²) >= 11 is 1.28. The lowest BCUT2D eigenvalue weighted by Gasteiger charge is -2.11. The first-order valence-corrected chi connectivity index (χ1v) is 10.7. The van der Waals surface area contributed by atoms with E-state index in [-0.39, 0.29) is 31.1 Å². The van der Waals surface area contributed by atoms with Gasteiger partial charge in [-0.05, 0) is 28.7 Å². The molecule has 10 heteroatoms. The lowest BCUT2D eigenvalue weighted by molar-refractivity contribution is 0.190. The number of urea groups is 1. The van der Waals surface area contributed by atoms with E-state index in [1.165, 1.54) is 11.3 Å². The first-order chi connectivity index (χ1) is 16.1. The van der Waals surface area contributed by atoms with Gasteiger partial charge in [0.05, 0.1) is 17.5 Å². The Hall–Kier alpha value is -4.20. The Kier molecular flexibility index (Phi) is 6.64. The molecule has 9 nitrogen and oxygen atoms in total. The van der Waals surface area contributed by atoms with Crippen LogP contribution in [0.2, 0.25) is 0 Å². The first-order valence-electron chi connectivity index (χ1n) is 9.87. The Bertz CT molecular complexity index is 1330. The van der Waals surface area contributed by atoms with Crippen molar-refractivity contribution in [2.24, 2.45) is 0 Å². The van der Waals surface area contributed by atoms with Crippen molar-refractivity contribution >= 4 is 34.1 Å². The number of hydrogen-bond acceptors (Lipinski definition) is 8. The Balaban J connectivity index is 1.46. The highest BCUT2D eigenvalue weighted by atomic mass is 32.1. The predicted octanol–water partition coefficient (Wildman–Crippen LogP) is 3.13. The normalized spacial score (nSPS) is 10.5. The molecule has 2 aromatic carbocycles. The molecule has 166 valence electrons. The van der Waals surface area contributed by atoms with Gasteiger partial charge in [-0.15, -0.1) is 17.8 Å². The topological polar surface area (TPSA) is 129 Å². The largest absolute Gasteiger partial charge is 0.493 e. The summed E-state index contributed by atoms with van der Waals surface area (Å²) in [6.45, 7) is 0.171. The molecule has 0 fully saturated rings. The van der Waals surface area contributed by atoms with Gasteiger partial charge < -0.3 is 20.3 Å². The molecule has 0 saturated carbocycles. The van der Waals surface area contributed by atoms with Gasteiger partial charge in [-0.1, -0.05) is 36.4 Å². The summed E-state index contributed by atoms with van der Waals surface area (Å²) in [5.41, 5.74) is 3.01. The molecular weight excluding hydrogens is 442 g/mol. The third-order valence-electron chi connectivity index (χ3n) is 4.59. The Morgan fingerprint density at radius 2 is 1.97 bits per heavy atom. The number of nitrogens with zero attached hydrogens (tertiary/aromatic N) is 3. The zero-order chi connectivity index (χ0) is 23.2. The van der Waals surface area contributed by atoms with Gasteiger partial charge in [-0.3, -0.25) is 5.32 Å². The Labute approximate surface area is 193 Å². The van der Waals surface area contributed by atoms with Crippen LogP contribution in [0.5, 0.6) is 11.9 Å². The quantitative estimate of drug-likeness (QED) is 0.311. The molecule has 2 amide bonds. The van der Waals surface area contributed by atoms with Crippen molar-refractivity contribution in [3.05, 3.63) is 58.4 Å². The SMILES string of the molecule is C#Cc1nc(NC(=O)NCc2ccc(-c3cccc4nc(OCCO)nc(O)c34)cc2)cs1. The highest BCUT2D eigenvalue weighted by Gasteiger charge is 2.13. The summed E-state index contributed by atoms with van der Waals surface area (Å²) in [5, 5.41) is 27.4. The summed E-state index contributed by atoms with van der Waals surface area (Å²) in [4.78, 5) is 24.4. The minimum absolute atomic E-state index is 0.000866. The zero-order valence-electron chi connectivity index (χ0n) is 17.3. The number of terminal acetylenes is 1. The number of carbonyl (C=O) groups is 1. The number of aliphatic hydroxyl groups excluding tert-OH is 1. The number of benzene rings is 2. The number of carbonyl (C=O) groups excluding carboxylic acids is 1. The van der Waals surface area contributed by atoms with Crippen LogP contribution < -0.4 is 15.4 Å². The van der Waals surface area contributed by atoms with Crippen LogP contribution in [-0.4, -0.2) is 44.4 Å². The fourth-order valence-corrected chi connectivity index (χ4v) is 3.68. The predicted molar refractivity (Wildman–Crippen MR) is 125 cm³/mol. The number of anilines is 1. The molecule has 0 spiro atoms. The van der Waals surface area contributed by atoms with Crippen molar-refractivity contribution < 1.29 is 19.7 Å². The number of aromatic hydroxyl groups is 1. The van der Waals surface area contributed by atoms with Gasteiger partial charge >= 0.3 is 12.0 Å². The second kappa shape index (κ2) is 9.95. The molecule has 4 aromatic rings. The molecule has 2 aromatic heterocycles. The monoisotopic (exact) mass is 461 g/mol. The van der Waals surface area contributed by atoms with Crippen LogP contribution >= 0.6 is 11.3 Å². The van der Waals surface area contributed by atoms with Crippen molar-refractivity contribution in [3.63, 3.8) is 0 Å². The number of fused-ring (bicyclic) bond motifs is 1. The molecule has 33 heavy (non-hydrogen) atoms. The molecule has 0 aliphatic heterocycles. The molecule has 0 aliphatic rings. The smallest absolute Gasteiger partial charge is 0.320 e. The third kappa shape index (κ3) is 5.17. The van der Waals surface area contributed by atoms with Crippen LogP contribution in [-0.2, 0) is 6.54 Å². The molecule has 0 aliphatic carbocycles. The van der Waals surface area contributed by atoms with Gasteiger partial charge in [0.1, 0.15) is 12.4 Å². The maximum atomic E-state index is 12.1. The van der Waals surface area contributed by atoms with Crippen LogP contribution in [0.15, 0.2) is 47.8 Å². The van der Waals surface area contributed by atoms with Gasteiger partial charge in [-0.2, -0.15) is 9.97 Å². The summed E-state index contributed by atoms with van der Waals surface area (Å²) in [6.07, 6.45) is 5.28. The molecule has 0 bridgehead atoms. The summed E-state index contributed by atoms with van der Waals surface area (Å²) in [6, 6.07) is 12.6. The minimum atomic E-state index is -0.386. The number of rotatable bonds is 7. The number of ether oxygens (including phenoxy) is 1. The number of aromatic nitrogens is 3. The second-order valence-corrected chi connectivity index (χ2v) is 7.65. The number of amides is 2. The van der Waals surface area contributed by atoms with Gasteiger partial charge in [0.15, 0.2) is 5.01 Å². The van der Waals surface area contributed by atoms with Crippen LogP contribution in [0, 0.1) is 12.3 Å². The average Bonchev–Trinajstić information content (AvgIpc) is 3.29. The van der Waals surface area contributed by atoms with Crippen molar-refractivity contribution in [3.8, 4) is 35.4 Å². The van der Waals surface area contributed by atoms with E-state index >= 15 is 0 Å². The fraction of sp³-hybridized carbons (Fsp3) is 0.130. The van der Waals surface area contributed by atoms with E-state index in [0.29, 0.717) is 28.3 Å². The van der Waals surface area contributed by atoms with Crippen molar-refractivity contribution in [1.82, 2.24) is 20.3 Å². The fourth-order valence-electron chi connectivity index (χ4n) is 3.13. The highest BCUT2D eigenvalue weighted by molar-refractivity contribution is 7.10. The Morgan fingerprint density at radius 3 is 2.70 bits per heavy atom. The lowest BCUT2D eigenvalue weighted by atomic mass is 10.00. The van der Waals surface area contributed by atoms with Gasteiger partial charge in [0.2, 0.25) is 5.88 Å². The first kappa shape index (κ1) is 22.0. The summed E-state index contributed by atoms with van der Waals surface area (Å²) < 4.78 is 5.21. The van der Waals surface area contributed by atoms with Crippen LogP contribution in [0.1, 0.15) is 10.6 Å². The van der Waals surface area contributed by atoms with Crippen molar-refractivity contribution in [2.75, 3.05) is 18.5 Å². The van der Waals surface area contributed by atoms with Crippen molar-refractivity contribution in [2.45, 2.75) is 6.54 Å². The maximum Gasteiger partial charge on any atom is 0.320 e. The molecule has 0 atom stereocenters. The van der Waals surface area contributed by atoms with Gasteiger partial charge in [-0.25, -0.2) is 9.78 Å². The number of hydrogen-bond donors (Lipinski definition) is 4. The molecule has 0 unspecified atom stereocenters. The highest BCUT2D eigenvalue weighted by Crippen LogP contribution is 2.34. The third-order valence-corrected chi connectivity index (χ3v) is 5.37. The number of aliphatic hydroxyl groups is 1. The van der Waals surface area contributed by atoms with Gasteiger partial charge in [0, 0.05) is 11.9 Å². The van der Waals surface area contributed by atoms with Crippen LogP contribution in [0.4, 0.5) is 10.6 Å². The number of nitrogens with one attached hydrogen (secondary N) is 2. The van der Waals surface area contributed by atoms with Gasteiger partial charge in [0.25, 0.3) is 0 Å². The second-order valence-electron chi connectivity index (χ2n) is 6.79. The summed E-state index contributed by atoms with van der Waals surface area (Å²) in [7, 11) is 0. The molecule has 0 saturated heterocycles. The van der Waals surface area contributed by atoms with Crippen LogP contribution in [0.3, 0.4) is 0 Å². The standard InChI is InChI=1S/C23H19N5O4S/c1-2-19-26-18(13-33-19)27-22(31)24-12-14-6-8-15(9-7-14)16-4-3-5-17-20(16)21(30)28-23(25-17)32-11-10-29/h1,3-9,13,29H,10-12H2,(H2,24,27,31)(H,25,28,30). The van der Waals surface area contributed by atoms with Crippen molar-refractivity contribution in [1.29, 1.82) is 0 Å². The zero-order valence-corrected chi connectivity index (χ0v) is 18.1. The maximum absolute atomic E-state index is 12.1. The van der Waals surface area contributed by atoms with Crippen LogP contribution in [0.25, 0.3) is 22.0 Å². The number of thiazole rings is 1. The average molecular weight is 462 g/mol. The van der Waals surface area contributed by atoms with E-state index in [9.17, 15) is 9.90 Å². The van der Waals surface area contributed by atoms with E-state index in [1.807, 2.05) is 36.4 Å². The van der Waals surface area contributed by atoms with E-state index in [0.717, 1.165) is 16.7 Å². The lowest BCUT2D eigenvalue weighted by Crippen LogP contribution is -2.28. The molecular formula is C23H19N5O4S. The molecule has 0 radical (unpaired) electrons. The molecule has 4 N–H and O–H groups in total. The Morgan fingerprint density at radius 1 is 1.15 bits per heavy atom. The summed E-state index contributed by atoms with van der Waals surface area (Å²) in [5.74, 6) is 2.62. The van der Waals surface area contributed by atoms with E-state index in [4.69, 9.17) is 16.3 Å². The van der Waals surface area contributed by atoms with E-state index < -0.39 is 0 Å². The minimum Gasteiger partial charge on any atom is -0.493 e. The molecule has 2 heterocycles. The molecule has 4 rings (SSSR count).